The first-order chi connectivity index (χ1) is 8.66. The maximum Gasteiger partial charge on any atom is 0.224 e. The van der Waals surface area contributed by atoms with Gasteiger partial charge >= 0.3 is 0 Å². The predicted molar refractivity (Wildman–Crippen MR) is 72.5 cm³/mol. The molecule has 2 aromatic rings. The summed E-state index contributed by atoms with van der Waals surface area (Å²) in [6.45, 7) is 2.08. The summed E-state index contributed by atoms with van der Waals surface area (Å²) in [6.07, 6.45) is 2.77. The molecule has 94 valence electrons. The Bertz CT molecular complexity index is 608. The van der Waals surface area contributed by atoms with Crippen LogP contribution in [0.4, 0.5) is 0 Å². The third kappa shape index (κ3) is 1.90. The summed E-state index contributed by atoms with van der Waals surface area (Å²) in [4.78, 5) is 11.9. The Balaban J connectivity index is 1.94. The largest absolute Gasteiger partial charge is 0.353 e. The normalized spacial score (nSPS) is 15.0. The number of fused-ring (bicyclic) bond motifs is 1. The second-order valence-corrected chi connectivity index (χ2v) is 5.16. The highest BCUT2D eigenvalue weighted by molar-refractivity contribution is 5.90. The highest BCUT2D eigenvalue weighted by Crippen LogP contribution is 2.25. The topological polar surface area (TPSA) is 34.0 Å². The fraction of sp³-hybridized carbons (Fsp3) is 0.400. The molecule has 1 amide bonds. The van der Waals surface area contributed by atoms with Crippen molar-refractivity contribution in [3.8, 4) is 0 Å². The fourth-order valence-corrected chi connectivity index (χ4v) is 2.49. The monoisotopic (exact) mass is 242 g/mol. The fourth-order valence-electron chi connectivity index (χ4n) is 2.49. The van der Waals surface area contributed by atoms with Crippen LogP contribution in [0.5, 0.6) is 0 Å². The molecule has 0 aliphatic heterocycles. The lowest BCUT2D eigenvalue weighted by atomic mass is 10.1. The molecule has 0 atom stereocenters. The zero-order chi connectivity index (χ0) is 12.7. The van der Waals surface area contributed by atoms with Crippen LogP contribution >= 0.6 is 0 Å². The molecule has 18 heavy (non-hydrogen) atoms. The Morgan fingerprint density at radius 3 is 2.83 bits per heavy atom. The van der Waals surface area contributed by atoms with Crippen LogP contribution in [0.2, 0.25) is 0 Å². The minimum absolute atomic E-state index is 0.150. The van der Waals surface area contributed by atoms with Gasteiger partial charge in [0, 0.05) is 29.7 Å². The van der Waals surface area contributed by atoms with Gasteiger partial charge < -0.3 is 9.88 Å². The van der Waals surface area contributed by atoms with E-state index in [0.29, 0.717) is 12.5 Å². The van der Waals surface area contributed by atoms with Crippen molar-refractivity contribution in [3.05, 3.63) is 35.5 Å². The van der Waals surface area contributed by atoms with Gasteiger partial charge in [0.05, 0.1) is 6.42 Å². The van der Waals surface area contributed by atoms with E-state index in [4.69, 9.17) is 0 Å². The van der Waals surface area contributed by atoms with E-state index < -0.39 is 0 Å². The van der Waals surface area contributed by atoms with E-state index in [2.05, 4.69) is 36.0 Å². The summed E-state index contributed by atoms with van der Waals surface area (Å²) in [5, 5.41) is 4.25. The summed E-state index contributed by atoms with van der Waals surface area (Å²) in [5.74, 6) is 0.150. The first-order valence-electron chi connectivity index (χ1n) is 6.49. The number of hydrogen-bond acceptors (Lipinski definition) is 1. The number of benzene rings is 1. The quantitative estimate of drug-likeness (QED) is 0.880. The summed E-state index contributed by atoms with van der Waals surface area (Å²) in [5.41, 5.74) is 3.54. The zero-order valence-corrected chi connectivity index (χ0v) is 10.9. The standard InChI is InChI=1S/C15H18N2O/c1-10-13(9-15(18)16-11-7-8-11)12-5-3-4-6-14(12)17(10)2/h3-6,11H,7-9H2,1-2H3,(H,16,18). The van der Waals surface area contributed by atoms with Gasteiger partial charge in [0.15, 0.2) is 0 Å². The van der Waals surface area contributed by atoms with Gasteiger partial charge in [0.25, 0.3) is 0 Å². The van der Waals surface area contributed by atoms with E-state index in [-0.39, 0.29) is 5.91 Å². The van der Waals surface area contributed by atoms with Crippen LogP contribution < -0.4 is 5.32 Å². The minimum atomic E-state index is 0.150. The highest BCUT2D eigenvalue weighted by atomic mass is 16.1. The molecule has 3 heteroatoms. The van der Waals surface area contributed by atoms with E-state index in [1.807, 2.05) is 12.1 Å². The maximum atomic E-state index is 11.9. The molecule has 0 radical (unpaired) electrons. The highest BCUT2D eigenvalue weighted by Gasteiger charge is 2.24. The average Bonchev–Trinajstić information content (AvgIpc) is 3.14. The van der Waals surface area contributed by atoms with Crippen molar-refractivity contribution in [2.45, 2.75) is 32.2 Å². The van der Waals surface area contributed by atoms with Crippen LogP contribution in [-0.2, 0) is 18.3 Å². The van der Waals surface area contributed by atoms with E-state index in [9.17, 15) is 4.79 Å². The van der Waals surface area contributed by atoms with Crippen molar-refractivity contribution in [2.75, 3.05) is 0 Å². The molecule has 1 aromatic heterocycles. The Kier molecular flexibility index (Phi) is 2.62. The molecule has 3 rings (SSSR count). The lowest BCUT2D eigenvalue weighted by molar-refractivity contribution is -0.120. The van der Waals surface area contributed by atoms with Crippen molar-refractivity contribution in [3.63, 3.8) is 0 Å². The maximum absolute atomic E-state index is 11.9. The molecule has 0 unspecified atom stereocenters. The van der Waals surface area contributed by atoms with Gasteiger partial charge in [-0.25, -0.2) is 0 Å². The summed E-state index contributed by atoms with van der Waals surface area (Å²) >= 11 is 0. The number of aryl methyl sites for hydroxylation is 1. The molecule has 0 spiro atoms. The number of carbonyl (C=O) groups excluding carboxylic acids is 1. The van der Waals surface area contributed by atoms with Crippen molar-refractivity contribution >= 4 is 16.8 Å². The molecular formula is C15H18N2O. The van der Waals surface area contributed by atoms with Crippen molar-refractivity contribution in [1.29, 1.82) is 0 Å². The van der Waals surface area contributed by atoms with E-state index in [1.54, 1.807) is 0 Å². The average molecular weight is 242 g/mol. The smallest absolute Gasteiger partial charge is 0.224 e. The molecule has 1 heterocycles. The second-order valence-electron chi connectivity index (χ2n) is 5.16. The molecule has 1 N–H and O–H groups in total. The molecule has 1 saturated carbocycles. The summed E-state index contributed by atoms with van der Waals surface area (Å²) in [7, 11) is 2.06. The zero-order valence-electron chi connectivity index (χ0n) is 10.9. The van der Waals surface area contributed by atoms with Crippen molar-refractivity contribution in [2.24, 2.45) is 7.05 Å². The minimum Gasteiger partial charge on any atom is -0.353 e. The summed E-state index contributed by atoms with van der Waals surface area (Å²) in [6, 6.07) is 8.71. The van der Waals surface area contributed by atoms with E-state index in [1.165, 1.54) is 16.6 Å². The number of rotatable bonds is 3. The molecule has 1 aliphatic rings. The predicted octanol–water partition coefficient (Wildman–Crippen LogP) is 2.31. The Morgan fingerprint density at radius 1 is 1.39 bits per heavy atom. The molecule has 1 aliphatic carbocycles. The van der Waals surface area contributed by atoms with Gasteiger partial charge in [0.1, 0.15) is 0 Å². The second kappa shape index (κ2) is 4.16. The van der Waals surface area contributed by atoms with Gasteiger partial charge in [-0.1, -0.05) is 18.2 Å². The van der Waals surface area contributed by atoms with Crippen LogP contribution in [-0.4, -0.2) is 16.5 Å². The first kappa shape index (κ1) is 11.3. The van der Waals surface area contributed by atoms with Crippen LogP contribution in [0, 0.1) is 6.92 Å². The van der Waals surface area contributed by atoms with Gasteiger partial charge in [0.2, 0.25) is 5.91 Å². The Hall–Kier alpha value is -1.77. The number of nitrogens with zero attached hydrogens (tertiary/aromatic N) is 1. The van der Waals surface area contributed by atoms with Crippen LogP contribution in [0.25, 0.3) is 10.9 Å². The number of para-hydroxylation sites is 1. The van der Waals surface area contributed by atoms with E-state index in [0.717, 1.165) is 18.4 Å². The first-order valence-corrected chi connectivity index (χ1v) is 6.49. The molecule has 1 fully saturated rings. The molecule has 0 bridgehead atoms. The number of hydrogen-bond donors (Lipinski definition) is 1. The van der Waals surface area contributed by atoms with Crippen LogP contribution in [0.3, 0.4) is 0 Å². The van der Waals surface area contributed by atoms with Crippen LogP contribution in [0.1, 0.15) is 24.1 Å². The van der Waals surface area contributed by atoms with Crippen molar-refractivity contribution < 1.29 is 4.79 Å². The third-order valence-corrected chi connectivity index (χ3v) is 3.81. The van der Waals surface area contributed by atoms with Gasteiger partial charge in [-0.3, -0.25) is 4.79 Å². The third-order valence-electron chi connectivity index (χ3n) is 3.81. The number of nitrogens with one attached hydrogen (secondary N) is 1. The van der Waals surface area contributed by atoms with E-state index >= 15 is 0 Å². The number of aromatic nitrogens is 1. The lowest BCUT2D eigenvalue weighted by Gasteiger charge is -2.04. The molecule has 1 aromatic carbocycles. The van der Waals surface area contributed by atoms with Gasteiger partial charge in [-0.05, 0) is 31.4 Å². The summed E-state index contributed by atoms with van der Waals surface area (Å²) < 4.78 is 2.16. The lowest BCUT2D eigenvalue weighted by Crippen LogP contribution is -2.27. The molecular weight excluding hydrogens is 224 g/mol. The number of amides is 1. The Labute approximate surface area is 107 Å². The van der Waals surface area contributed by atoms with Gasteiger partial charge in [-0.15, -0.1) is 0 Å². The van der Waals surface area contributed by atoms with Crippen LogP contribution in [0.15, 0.2) is 24.3 Å². The Morgan fingerprint density at radius 2 is 2.11 bits per heavy atom. The van der Waals surface area contributed by atoms with Gasteiger partial charge in [-0.2, -0.15) is 0 Å². The SMILES string of the molecule is Cc1c(CC(=O)NC2CC2)c2ccccc2n1C. The van der Waals surface area contributed by atoms with Crippen molar-refractivity contribution in [1.82, 2.24) is 9.88 Å². The molecule has 0 saturated heterocycles. The molecule has 3 nitrogen and oxygen atoms in total. The number of carbonyl (C=O) groups is 1.